The highest BCUT2D eigenvalue weighted by molar-refractivity contribution is 7.71. The van der Waals surface area contributed by atoms with E-state index in [0.29, 0.717) is 12.0 Å². The van der Waals surface area contributed by atoms with Gasteiger partial charge in [0, 0.05) is 12.1 Å². The van der Waals surface area contributed by atoms with E-state index >= 15 is 0 Å². The summed E-state index contributed by atoms with van der Waals surface area (Å²) in [6, 6.07) is 6.64. The summed E-state index contributed by atoms with van der Waals surface area (Å²) >= 11 is 5.58. The second kappa shape index (κ2) is 5.60. The Morgan fingerprint density at radius 1 is 1.25 bits per heavy atom. The second-order valence-electron chi connectivity index (χ2n) is 5.87. The number of fused-ring (bicyclic) bond motifs is 1. The Hall–Kier alpha value is -1.29. The first kappa shape index (κ1) is 13.7. The average Bonchev–Trinajstić information content (AvgIpc) is 2.62. The van der Waals surface area contributed by atoms with Gasteiger partial charge in [0.1, 0.15) is 5.75 Å². The lowest BCUT2D eigenvalue weighted by atomic mass is 9.96. The number of nitrogens with one attached hydrogen (secondary N) is 1. The van der Waals surface area contributed by atoms with Crippen molar-refractivity contribution >= 4 is 23.3 Å². The molecule has 108 valence electrons. The van der Waals surface area contributed by atoms with E-state index in [1.54, 1.807) is 7.11 Å². The molecule has 1 N–H and O–H groups in total. The van der Waals surface area contributed by atoms with Crippen LogP contribution in [0.15, 0.2) is 18.2 Å². The van der Waals surface area contributed by atoms with Gasteiger partial charge in [0.25, 0.3) is 0 Å². The zero-order valence-corrected chi connectivity index (χ0v) is 13.0. The number of hydrogen-bond donors (Lipinski definition) is 1. The minimum absolute atomic E-state index is 0.505. The molecule has 0 spiro atoms. The number of aromatic nitrogens is 2. The Morgan fingerprint density at radius 3 is 2.85 bits per heavy atom. The fourth-order valence-corrected chi connectivity index (χ4v) is 3.76. The van der Waals surface area contributed by atoms with Crippen LogP contribution in [0.2, 0.25) is 0 Å². The van der Waals surface area contributed by atoms with Gasteiger partial charge in [-0.15, -0.1) is 0 Å². The molecule has 4 heteroatoms. The summed E-state index contributed by atoms with van der Waals surface area (Å²) in [6.07, 6.45) is 6.51. The number of H-pyrrole nitrogens is 1. The number of rotatable bonds is 2. The first-order chi connectivity index (χ1) is 9.70. The summed E-state index contributed by atoms with van der Waals surface area (Å²) in [4.78, 5) is 3.34. The topological polar surface area (TPSA) is 29.9 Å². The van der Waals surface area contributed by atoms with Gasteiger partial charge in [0.15, 0.2) is 4.77 Å². The van der Waals surface area contributed by atoms with Crippen molar-refractivity contribution in [2.45, 2.75) is 45.1 Å². The Bertz CT molecular complexity index is 658. The molecule has 20 heavy (non-hydrogen) atoms. The molecule has 0 radical (unpaired) electrons. The maximum Gasteiger partial charge on any atom is 0.178 e. The molecule has 1 saturated carbocycles. The van der Waals surface area contributed by atoms with Crippen molar-refractivity contribution in [1.82, 2.24) is 9.55 Å². The van der Waals surface area contributed by atoms with E-state index in [4.69, 9.17) is 17.0 Å². The molecule has 1 aromatic heterocycles. The van der Waals surface area contributed by atoms with Crippen LogP contribution in [-0.4, -0.2) is 16.7 Å². The van der Waals surface area contributed by atoms with Crippen molar-refractivity contribution in [1.29, 1.82) is 0 Å². The minimum atomic E-state index is 0.505. The molecule has 3 rings (SSSR count). The summed E-state index contributed by atoms with van der Waals surface area (Å²) < 4.78 is 8.53. The van der Waals surface area contributed by atoms with Crippen LogP contribution in [0.25, 0.3) is 11.0 Å². The minimum Gasteiger partial charge on any atom is -0.497 e. The van der Waals surface area contributed by atoms with E-state index in [0.717, 1.165) is 16.0 Å². The predicted molar refractivity (Wildman–Crippen MR) is 85.0 cm³/mol. The highest BCUT2D eigenvalue weighted by Crippen LogP contribution is 2.35. The molecule has 2 atom stereocenters. The van der Waals surface area contributed by atoms with Crippen molar-refractivity contribution in [3.63, 3.8) is 0 Å². The van der Waals surface area contributed by atoms with Gasteiger partial charge in [0.05, 0.1) is 18.1 Å². The highest BCUT2D eigenvalue weighted by atomic mass is 32.1. The van der Waals surface area contributed by atoms with Crippen LogP contribution in [0.1, 0.15) is 45.1 Å². The molecular weight excluding hydrogens is 268 g/mol. The van der Waals surface area contributed by atoms with Crippen LogP contribution in [-0.2, 0) is 0 Å². The van der Waals surface area contributed by atoms with E-state index < -0.39 is 0 Å². The molecule has 2 unspecified atom stereocenters. The second-order valence-corrected chi connectivity index (χ2v) is 6.25. The summed E-state index contributed by atoms with van der Waals surface area (Å²) in [5, 5.41) is 0. The number of nitrogens with zero attached hydrogens (tertiary/aromatic N) is 1. The zero-order valence-electron chi connectivity index (χ0n) is 12.2. The third kappa shape index (κ3) is 2.37. The summed E-state index contributed by atoms with van der Waals surface area (Å²) in [5.41, 5.74) is 2.28. The van der Waals surface area contributed by atoms with Crippen LogP contribution in [0, 0.1) is 10.7 Å². The maximum atomic E-state index is 5.58. The lowest BCUT2D eigenvalue weighted by Gasteiger charge is -2.24. The van der Waals surface area contributed by atoms with Gasteiger partial charge in [-0.25, -0.2) is 0 Å². The van der Waals surface area contributed by atoms with Gasteiger partial charge in [-0.2, -0.15) is 0 Å². The van der Waals surface area contributed by atoms with Crippen LogP contribution in [0.5, 0.6) is 5.75 Å². The molecule has 1 aromatic carbocycles. The smallest absolute Gasteiger partial charge is 0.178 e. The molecule has 0 amide bonds. The lowest BCUT2D eigenvalue weighted by Crippen LogP contribution is -2.16. The van der Waals surface area contributed by atoms with Crippen molar-refractivity contribution in [3.8, 4) is 5.75 Å². The number of methoxy groups -OCH3 is 1. The molecule has 0 saturated heterocycles. The largest absolute Gasteiger partial charge is 0.497 e. The van der Waals surface area contributed by atoms with Crippen molar-refractivity contribution < 1.29 is 4.74 Å². The molecule has 1 heterocycles. The number of hydrogen-bond acceptors (Lipinski definition) is 2. The number of benzene rings is 1. The summed E-state index contributed by atoms with van der Waals surface area (Å²) in [6.45, 7) is 2.36. The van der Waals surface area contributed by atoms with Crippen molar-refractivity contribution in [2.24, 2.45) is 5.92 Å². The van der Waals surface area contributed by atoms with Gasteiger partial charge in [-0.05, 0) is 43.1 Å². The zero-order chi connectivity index (χ0) is 14.1. The number of aromatic amines is 1. The van der Waals surface area contributed by atoms with Crippen LogP contribution in [0.3, 0.4) is 0 Å². The van der Waals surface area contributed by atoms with Crippen LogP contribution in [0.4, 0.5) is 0 Å². The number of ether oxygens (including phenoxy) is 1. The molecule has 1 fully saturated rings. The van der Waals surface area contributed by atoms with Crippen LogP contribution >= 0.6 is 12.2 Å². The third-order valence-corrected chi connectivity index (χ3v) is 4.87. The Morgan fingerprint density at radius 2 is 2.05 bits per heavy atom. The standard InChI is InChI=1S/C16H22N2OS/c1-11-6-4-3-5-7-14(11)18-15-10-12(19-2)8-9-13(15)17-16(18)20/h8-11,14H,3-7H2,1-2H3,(H,17,20). The fourth-order valence-electron chi connectivity index (χ4n) is 3.41. The van der Waals surface area contributed by atoms with E-state index in [2.05, 4.69) is 28.6 Å². The van der Waals surface area contributed by atoms with E-state index in [9.17, 15) is 0 Å². The summed E-state index contributed by atoms with van der Waals surface area (Å²) in [5.74, 6) is 1.57. The molecule has 0 aliphatic heterocycles. The van der Waals surface area contributed by atoms with Gasteiger partial charge in [0.2, 0.25) is 0 Å². The Balaban J connectivity index is 2.13. The third-order valence-electron chi connectivity index (χ3n) is 4.57. The first-order valence-electron chi connectivity index (χ1n) is 7.49. The SMILES string of the molecule is COc1ccc2[nH]c(=S)n(C3CCCCCC3C)c2c1. The molecule has 1 aliphatic carbocycles. The average molecular weight is 290 g/mol. The first-order valence-corrected chi connectivity index (χ1v) is 7.90. The molecule has 1 aliphatic rings. The maximum absolute atomic E-state index is 5.58. The van der Waals surface area contributed by atoms with Gasteiger partial charge in [-0.3, -0.25) is 0 Å². The summed E-state index contributed by atoms with van der Waals surface area (Å²) in [7, 11) is 1.71. The molecule has 0 bridgehead atoms. The quantitative estimate of drug-likeness (QED) is 0.633. The Kier molecular flexibility index (Phi) is 3.83. The van der Waals surface area contributed by atoms with Crippen LogP contribution < -0.4 is 4.74 Å². The van der Waals surface area contributed by atoms with Crippen molar-refractivity contribution in [3.05, 3.63) is 23.0 Å². The van der Waals surface area contributed by atoms with Gasteiger partial charge < -0.3 is 14.3 Å². The van der Waals surface area contributed by atoms with E-state index in [1.165, 1.54) is 37.6 Å². The lowest BCUT2D eigenvalue weighted by molar-refractivity contribution is 0.337. The number of imidazole rings is 1. The van der Waals surface area contributed by atoms with Gasteiger partial charge >= 0.3 is 0 Å². The van der Waals surface area contributed by atoms with Crippen molar-refractivity contribution in [2.75, 3.05) is 7.11 Å². The van der Waals surface area contributed by atoms with E-state index in [-0.39, 0.29) is 0 Å². The molecule has 3 nitrogen and oxygen atoms in total. The molecule has 2 aromatic rings. The normalized spacial score (nSPS) is 23.7. The van der Waals surface area contributed by atoms with Gasteiger partial charge in [-0.1, -0.05) is 26.2 Å². The molecular formula is C16H22N2OS. The predicted octanol–water partition coefficient (Wildman–Crippen LogP) is 4.85. The Labute approximate surface area is 125 Å². The van der Waals surface area contributed by atoms with E-state index in [1.807, 2.05) is 6.07 Å². The highest BCUT2D eigenvalue weighted by Gasteiger charge is 2.23. The fraction of sp³-hybridized carbons (Fsp3) is 0.562. The monoisotopic (exact) mass is 290 g/mol.